The van der Waals surface area contributed by atoms with Crippen LogP contribution in [0.15, 0.2) is 65.3 Å². The summed E-state index contributed by atoms with van der Waals surface area (Å²) in [5.74, 6) is -2.16. The second-order valence-electron chi connectivity index (χ2n) is 5.96. The SMILES string of the molecule is CN(C)CCC(c1ccc(Br)cc1)c1ccccn1.O=C(O)/C=C/C(=O)O. The molecule has 0 aliphatic rings. The number of carboxylic acids is 2. The van der Waals surface area contributed by atoms with E-state index in [0.717, 1.165) is 23.1 Å². The highest BCUT2D eigenvalue weighted by Gasteiger charge is 2.15. The standard InChI is InChI=1S/C16H19BrN2.C4H4O4/c1-19(2)12-10-15(16-5-3-4-11-18-16)13-6-8-14(17)9-7-13;5-3(6)1-2-4(7)8/h3-9,11,15H,10,12H2,1-2H3;1-2H,(H,5,6)(H,7,8)/b;2-1+. The summed E-state index contributed by atoms with van der Waals surface area (Å²) in [5.41, 5.74) is 2.47. The smallest absolute Gasteiger partial charge is 0.328 e. The molecule has 144 valence electrons. The van der Waals surface area contributed by atoms with Gasteiger partial charge in [-0.15, -0.1) is 0 Å². The molecule has 2 N–H and O–H groups in total. The lowest BCUT2D eigenvalue weighted by Gasteiger charge is -2.19. The molecule has 0 saturated heterocycles. The normalized spacial score (nSPS) is 11.7. The molecule has 0 bridgehead atoms. The third-order valence-electron chi connectivity index (χ3n) is 3.55. The van der Waals surface area contributed by atoms with E-state index in [-0.39, 0.29) is 0 Å². The summed E-state index contributed by atoms with van der Waals surface area (Å²) in [6.07, 6.45) is 4.06. The van der Waals surface area contributed by atoms with E-state index in [1.54, 1.807) is 0 Å². The van der Waals surface area contributed by atoms with Crippen LogP contribution in [0.1, 0.15) is 23.6 Å². The molecular formula is C20H23BrN2O4. The molecule has 1 aromatic carbocycles. The van der Waals surface area contributed by atoms with Crippen molar-refractivity contribution in [1.29, 1.82) is 0 Å². The van der Waals surface area contributed by atoms with Crippen LogP contribution in [0.5, 0.6) is 0 Å². The minimum atomic E-state index is -1.26. The van der Waals surface area contributed by atoms with Gasteiger partial charge in [0.15, 0.2) is 0 Å². The first-order valence-electron chi connectivity index (χ1n) is 8.24. The first-order chi connectivity index (χ1) is 12.8. The molecule has 0 amide bonds. The van der Waals surface area contributed by atoms with Gasteiger partial charge in [0.1, 0.15) is 0 Å². The Kier molecular flexibility index (Phi) is 10.00. The Labute approximate surface area is 167 Å². The van der Waals surface area contributed by atoms with Crippen molar-refractivity contribution in [3.05, 3.63) is 76.5 Å². The maximum Gasteiger partial charge on any atom is 0.328 e. The van der Waals surface area contributed by atoms with E-state index >= 15 is 0 Å². The Morgan fingerprint density at radius 1 is 1.07 bits per heavy atom. The van der Waals surface area contributed by atoms with Crippen molar-refractivity contribution in [1.82, 2.24) is 9.88 Å². The predicted octanol–water partition coefficient (Wildman–Crippen LogP) is 3.64. The number of aliphatic carboxylic acids is 2. The minimum Gasteiger partial charge on any atom is -0.478 e. The molecule has 0 saturated carbocycles. The number of hydrogen-bond acceptors (Lipinski definition) is 4. The summed E-state index contributed by atoms with van der Waals surface area (Å²) in [5, 5.41) is 15.6. The van der Waals surface area contributed by atoms with E-state index in [0.29, 0.717) is 18.1 Å². The fourth-order valence-electron chi connectivity index (χ4n) is 2.29. The molecule has 1 unspecified atom stereocenters. The van der Waals surface area contributed by atoms with E-state index in [1.165, 1.54) is 5.56 Å². The monoisotopic (exact) mass is 434 g/mol. The van der Waals surface area contributed by atoms with Gasteiger partial charge in [0.05, 0.1) is 0 Å². The fourth-order valence-corrected chi connectivity index (χ4v) is 2.56. The maximum atomic E-state index is 9.55. The van der Waals surface area contributed by atoms with Crippen LogP contribution in [0.4, 0.5) is 0 Å². The molecular weight excluding hydrogens is 412 g/mol. The Balaban J connectivity index is 0.000000387. The highest BCUT2D eigenvalue weighted by molar-refractivity contribution is 9.10. The molecule has 0 aliphatic carbocycles. The van der Waals surface area contributed by atoms with Gasteiger partial charge >= 0.3 is 11.9 Å². The summed E-state index contributed by atoms with van der Waals surface area (Å²) in [7, 11) is 4.22. The number of hydrogen-bond donors (Lipinski definition) is 2. The van der Waals surface area contributed by atoms with Crippen LogP contribution in [-0.2, 0) is 9.59 Å². The van der Waals surface area contributed by atoms with Crippen molar-refractivity contribution >= 4 is 27.9 Å². The van der Waals surface area contributed by atoms with Gasteiger partial charge in [0.25, 0.3) is 0 Å². The third-order valence-corrected chi connectivity index (χ3v) is 4.08. The Morgan fingerprint density at radius 2 is 1.67 bits per heavy atom. The lowest BCUT2D eigenvalue weighted by Crippen LogP contribution is -2.17. The van der Waals surface area contributed by atoms with Gasteiger partial charge in [-0.25, -0.2) is 9.59 Å². The molecule has 1 heterocycles. The first-order valence-corrected chi connectivity index (χ1v) is 9.04. The predicted molar refractivity (Wildman–Crippen MR) is 108 cm³/mol. The quantitative estimate of drug-likeness (QED) is 0.646. The van der Waals surface area contributed by atoms with Crippen LogP contribution >= 0.6 is 15.9 Å². The molecule has 6 nitrogen and oxygen atoms in total. The van der Waals surface area contributed by atoms with Crippen LogP contribution in [0.2, 0.25) is 0 Å². The number of aromatic nitrogens is 1. The fraction of sp³-hybridized carbons (Fsp3) is 0.250. The van der Waals surface area contributed by atoms with Crippen LogP contribution in [-0.4, -0.2) is 52.7 Å². The van der Waals surface area contributed by atoms with Crippen molar-refractivity contribution < 1.29 is 19.8 Å². The Hall–Kier alpha value is -2.51. The molecule has 0 radical (unpaired) electrons. The van der Waals surface area contributed by atoms with Gasteiger partial charge in [-0.3, -0.25) is 4.98 Å². The van der Waals surface area contributed by atoms with Crippen molar-refractivity contribution in [3.8, 4) is 0 Å². The number of benzene rings is 1. The summed E-state index contributed by atoms with van der Waals surface area (Å²) < 4.78 is 1.11. The number of pyridine rings is 1. The van der Waals surface area contributed by atoms with E-state index in [9.17, 15) is 9.59 Å². The highest BCUT2D eigenvalue weighted by Crippen LogP contribution is 2.27. The van der Waals surface area contributed by atoms with Crippen molar-refractivity contribution in [2.45, 2.75) is 12.3 Å². The Morgan fingerprint density at radius 3 is 2.11 bits per heavy atom. The molecule has 2 aromatic rings. The molecule has 1 aromatic heterocycles. The van der Waals surface area contributed by atoms with Gasteiger partial charge in [-0.05, 0) is 56.9 Å². The first kappa shape index (κ1) is 22.5. The van der Waals surface area contributed by atoms with Gasteiger partial charge in [-0.2, -0.15) is 0 Å². The molecule has 0 aliphatic heterocycles. The third kappa shape index (κ3) is 9.67. The van der Waals surface area contributed by atoms with E-state index in [2.05, 4.69) is 76.3 Å². The maximum absolute atomic E-state index is 9.55. The average molecular weight is 435 g/mol. The molecule has 27 heavy (non-hydrogen) atoms. The summed E-state index contributed by atoms with van der Waals surface area (Å²) in [4.78, 5) is 25.8. The zero-order valence-electron chi connectivity index (χ0n) is 15.2. The molecule has 1 atom stereocenters. The molecule has 2 rings (SSSR count). The summed E-state index contributed by atoms with van der Waals surface area (Å²) in [6, 6.07) is 14.7. The molecule has 0 fully saturated rings. The van der Waals surface area contributed by atoms with Gasteiger partial charge < -0.3 is 15.1 Å². The van der Waals surface area contributed by atoms with Crippen molar-refractivity contribution in [2.75, 3.05) is 20.6 Å². The van der Waals surface area contributed by atoms with Crippen LogP contribution in [0.25, 0.3) is 0 Å². The second kappa shape index (κ2) is 12.0. The van der Waals surface area contributed by atoms with E-state index in [4.69, 9.17) is 10.2 Å². The van der Waals surface area contributed by atoms with Gasteiger partial charge in [-0.1, -0.05) is 34.1 Å². The van der Waals surface area contributed by atoms with Crippen LogP contribution in [0.3, 0.4) is 0 Å². The number of carboxylic acid groups (broad SMARTS) is 2. The van der Waals surface area contributed by atoms with Gasteiger partial charge in [0, 0.05) is 34.4 Å². The number of halogens is 1. The molecule has 0 spiro atoms. The summed E-state index contributed by atoms with van der Waals surface area (Å²) in [6.45, 7) is 1.05. The van der Waals surface area contributed by atoms with Crippen LogP contribution in [0, 0.1) is 0 Å². The van der Waals surface area contributed by atoms with Crippen molar-refractivity contribution in [2.24, 2.45) is 0 Å². The largest absolute Gasteiger partial charge is 0.478 e. The zero-order valence-corrected chi connectivity index (χ0v) is 16.8. The number of carbonyl (C=O) groups is 2. The van der Waals surface area contributed by atoms with Crippen LogP contribution < -0.4 is 0 Å². The molecule has 7 heteroatoms. The van der Waals surface area contributed by atoms with Crippen molar-refractivity contribution in [3.63, 3.8) is 0 Å². The lowest BCUT2D eigenvalue weighted by atomic mass is 9.92. The average Bonchev–Trinajstić information content (AvgIpc) is 2.63. The Bertz CT molecular complexity index is 730. The van der Waals surface area contributed by atoms with E-state index < -0.39 is 11.9 Å². The zero-order chi connectivity index (χ0) is 20.2. The van der Waals surface area contributed by atoms with E-state index in [1.807, 2.05) is 12.3 Å². The second-order valence-corrected chi connectivity index (χ2v) is 6.88. The number of rotatable bonds is 7. The summed E-state index contributed by atoms with van der Waals surface area (Å²) >= 11 is 3.49. The van der Waals surface area contributed by atoms with Gasteiger partial charge in [0.2, 0.25) is 0 Å². The topological polar surface area (TPSA) is 90.7 Å². The highest BCUT2D eigenvalue weighted by atomic mass is 79.9. The number of nitrogens with zero attached hydrogens (tertiary/aromatic N) is 2. The lowest BCUT2D eigenvalue weighted by molar-refractivity contribution is -0.134. The minimum absolute atomic E-state index is 0.358.